The van der Waals surface area contributed by atoms with E-state index < -0.39 is 12.6 Å². The Hall–Kier alpha value is -1.03. The van der Waals surface area contributed by atoms with E-state index in [0.29, 0.717) is 5.75 Å². The van der Waals surface area contributed by atoms with E-state index in [9.17, 15) is 9.90 Å². The number of benzene rings is 1. The van der Waals surface area contributed by atoms with Gasteiger partial charge in [-0.25, -0.2) is 0 Å². The van der Waals surface area contributed by atoms with Gasteiger partial charge in [-0.2, -0.15) is 0 Å². The van der Waals surface area contributed by atoms with Crippen molar-refractivity contribution in [1.82, 2.24) is 0 Å². The highest BCUT2D eigenvalue weighted by Crippen LogP contribution is 2.33. The fourth-order valence-electron chi connectivity index (χ4n) is 1.35. The fourth-order valence-corrected chi connectivity index (χ4v) is 1.71. The molecule has 0 radical (unpaired) electrons. The highest BCUT2D eigenvalue weighted by Gasteiger charge is 2.19. The third-order valence-corrected chi connectivity index (χ3v) is 2.59. The summed E-state index contributed by atoms with van der Waals surface area (Å²) in [7, 11) is 0. The molecule has 0 aliphatic rings. The molecule has 0 saturated carbocycles. The van der Waals surface area contributed by atoms with E-state index in [-0.39, 0.29) is 5.41 Å². The van der Waals surface area contributed by atoms with Crippen molar-refractivity contribution in [3.8, 4) is 5.75 Å². The molecule has 0 N–H and O–H groups in total. The van der Waals surface area contributed by atoms with Crippen molar-refractivity contribution in [1.29, 1.82) is 0 Å². The van der Waals surface area contributed by atoms with Crippen molar-refractivity contribution < 1.29 is 14.6 Å². The molecule has 1 rings (SSSR count). The van der Waals surface area contributed by atoms with Crippen LogP contribution >= 0.6 is 15.9 Å². The van der Waals surface area contributed by atoms with Crippen LogP contribution in [0.5, 0.6) is 5.75 Å². The Labute approximate surface area is 104 Å². The predicted molar refractivity (Wildman–Crippen MR) is 63.3 cm³/mol. The average Bonchev–Trinajstić information content (AvgIpc) is 2.14. The molecule has 88 valence electrons. The zero-order valence-corrected chi connectivity index (χ0v) is 11.1. The molecule has 0 saturated heterocycles. The molecule has 0 bridgehead atoms. The van der Waals surface area contributed by atoms with Crippen LogP contribution in [-0.2, 0) is 10.2 Å². The first-order chi connectivity index (χ1) is 7.30. The lowest BCUT2D eigenvalue weighted by molar-refractivity contribution is -0.307. The third kappa shape index (κ3) is 3.52. The van der Waals surface area contributed by atoms with Crippen LogP contribution in [0.2, 0.25) is 0 Å². The van der Waals surface area contributed by atoms with Crippen molar-refractivity contribution in [2.45, 2.75) is 26.2 Å². The summed E-state index contributed by atoms with van der Waals surface area (Å²) in [6.45, 7) is 5.70. The second-order valence-electron chi connectivity index (χ2n) is 4.55. The molecular formula is C12H14BrO3-. The molecule has 0 amide bonds. The van der Waals surface area contributed by atoms with Crippen molar-refractivity contribution in [3.63, 3.8) is 0 Å². The maximum atomic E-state index is 10.4. The Kier molecular flexibility index (Phi) is 3.97. The summed E-state index contributed by atoms with van der Waals surface area (Å²) < 4.78 is 6.14. The summed E-state index contributed by atoms with van der Waals surface area (Å²) in [4.78, 5) is 10.4. The first-order valence-corrected chi connectivity index (χ1v) is 5.72. The van der Waals surface area contributed by atoms with Gasteiger partial charge in [0.15, 0.2) is 0 Å². The molecule has 4 heteroatoms. The molecule has 3 nitrogen and oxygen atoms in total. The van der Waals surface area contributed by atoms with Crippen LogP contribution < -0.4 is 9.84 Å². The van der Waals surface area contributed by atoms with Gasteiger partial charge >= 0.3 is 0 Å². The lowest BCUT2D eigenvalue weighted by Gasteiger charge is -2.23. The van der Waals surface area contributed by atoms with Gasteiger partial charge in [-0.15, -0.1) is 0 Å². The van der Waals surface area contributed by atoms with Crippen LogP contribution in [0.3, 0.4) is 0 Å². The van der Waals surface area contributed by atoms with Crippen LogP contribution in [0.4, 0.5) is 0 Å². The van der Waals surface area contributed by atoms with Crippen molar-refractivity contribution >= 4 is 21.9 Å². The minimum absolute atomic E-state index is 0.106. The molecule has 0 aliphatic heterocycles. The van der Waals surface area contributed by atoms with Crippen LogP contribution in [0.25, 0.3) is 0 Å². The number of carboxylic acid groups (broad SMARTS) is 1. The number of ether oxygens (including phenoxy) is 1. The Morgan fingerprint density at radius 2 is 2.06 bits per heavy atom. The van der Waals surface area contributed by atoms with Gasteiger partial charge in [-0.05, 0) is 23.6 Å². The van der Waals surface area contributed by atoms with Crippen LogP contribution in [0.1, 0.15) is 26.3 Å². The molecule has 0 aromatic heterocycles. The molecule has 0 heterocycles. The maximum absolute atomic E-state index is 10.4. The summed E-state index contributed by atoms with van der Waals surface area (Å²) >= 11 is 3.38. The topological polar surface area (TPSA) is 49.4 Å². The van der Waals surface area contributed by atoms with Crippen molar-refractivity contribution in [2.75, 3.05) is 6.61 Å². The molecule has 0 unspecified atom stereocenters. The minimum Gasteiger partial charge on any atom is -0.546 e. The van der Waals surface area contributed by atoms with E-state index >= 15 is 0 Å². The van der Waals surface area contributed by atoms with E-state index in [1.165, 1.54) is 0 Å². The van der Waals surface area contributed by atoms with Gasteiger partial charge in [-0.3, -0.25) is 0 Å². The summed E-state index contributed by atoms with van der Waals surface area (Å²) in [5.41, 5.74) is 0.855. The number of hydrogen-bond acceptors (Lipinski definition) is 3. The maximum Gasteiger partial charge on any atom is 0.128 e. The monoisotopic (exact) mass is 285 g/mol. The molecule has 0 spiro atoms. The number of carbonyl (C=O) groups is 1. The number of hydrogen-bond donors (Lipinski definition) is 0. The quantitative estimate of drug-likeness (QED) is 0.852. The Morgan fingerprint density at radius 3 is 2.56 bits per heavy atom. The SMILES string of the molecule is CC(C)(C)c1cc(Br)ccc1OCC(=O)[O-]. The van der Waals surface area contributed by atoms with E-state index in [1.54, 1.807) is 6.07 Å². The summed E-state index contributed by atoms with van der Waals surface area (Å²) in [6.07, 6.45) is 0. The second-order valence-corrected chi connectivity index (χ2v) is 5.47. The molecule has 16 heavy (non-hydrogen) atoms. The lowest BCUT2D eigenvalue weighted by atomic mass is 9.86. The molecule has 0 aliphatic carbocycles. The minimum atomic E-state index is -1.22. The number of carbonyl (C=O) groups excluding carboxylic acids is 1. The second kappa shape index (κ2) is 4.87. The first-order valence-electron chi connectivity index (χ1n) is 4.93. The van der Waals surface area contributed by atoms with E-state index in [1.807, 2.05) is 32.9 Å². The number of aliphatic carboxylic acids is 1. The van der Waals surface area contributed by atoms with Gasteiger partial charge < -0.3 is 14.6 Å². The Morgan fingerprint density at radius 1 is 1.44 bits per heavy atom. The number of carboxylic acids is 1. The van der Waals surface area contributed by atoms with Gasteiger partial charge in [0.25, 0.3) is 0 Å². The van der Waals surface area contributed by atoms with Gasteiger partial charge in [0.05, 0.1) is 5.97 Å². The van der Waals surface area contributed by atoms with Crippen LogP contribution in [0, 0.1) is 0 Å². The summed E-state index contributed by atoms with van der Waals surface area (Å²) in [5, 5.41) is 10.4. The van der Waals surface area contributed by atoms with Crippen molar-refractivity contribution in [3.05, 3.63) is 28.2 Å². The smallest absolute Gasteiger partial charge is 0.128 e. The molecular weight excluding hydrogens is 272 g/mol. The van der Waals surface area contributed by atoms with Crippen LogP contribution in [-0.4, -0.2) is 12.6 Å². The first kappa shape index (κ1) is 13.0. The molecule has 1 aromatic rings. The number of halogens is 1. The fraction of sp³-hybridized carbons (Fsp3) is 0.417. The van der Waals surface area contributed by atoms with Gasteiger partial charge in [0.2, 0.25) is 0 Å². The number of rotatable bonds is 3. The molecule has 0 fully saturated rings. The average molecular weight is 286 g/mol. The molecule has 0 atom stereocenters. The Bertz CT molecular complexity index is 394. The van der Waals surface area contributed by atoms with Gasteiger partial charge in [-0.1, -0.05) is 36.7 Å². The molecule has 1 aromatic carbocycles. The van der Waals surface area contributed by atoms with E-state index in [0.717, 1.165) is 10.0 Å². The lowest BCUT2D eigenvalue weighted by Crippen LogP contribution is -2.29. The highest BCUT2D eigenvalue weighted by molar-refractivity contribution is 9.10. The standard InChI is InChI=1S/C12H15BrO3/c1-12(2,3)9-6-8(13)4-5-10(9)16-7-11(14)15/h4-6H,7H2,1-3H3,(H,14,15)/p-1. The largest absolute Gasteiger partial charge is 0.546 e. The van der Waals surface area contributed by atoms with Gasteiger partial charge in [0, 0.05) is 10.0 Å². The van der Waals surface area contributed by atoms with Crippen molar-refractivity contribution in [2.24, 2.45) is 0 Å². The van der Waals surface area contributed by atoms with E-state index in [2.05, 4.69) is 15.9 Å². The third-order valence-electron chi connectivity index (χ3n) is 2.10. The summed E-state index contributed by atoms with van der Waals surface area (Å²) in [5.74, 6) is -0.636. The highest BCUT2D eigenvalue weighted by atomic mass is 79.9. The van der Waals surface area contributed by atoms with Gasteiger partial charge in [0.1, 0.15) is 12.4 Å². The zero-order valence-electron chi connectivity index (χ0n) is 9.54. The Balaban J connectivity index is 3.03. The van der Waals surface area contributed by atoms with Crippen LogP contribution in [0.15, 0.2) is 22.7 Å². The van der Waals surface area contributed by atoms with E-state index in [4.69, 9.17) is 4.74 Å². The normalized spacial score (nSPS) is 11.2. The summed E-state index contributed by atoms with van der Waals surface area (Å²) in [6, 6.07) is 5.51. The predicted octanol–water partition coefficient (Wildman–Crippen LogP) is 1.88. The zero-order chi connectivity index (χ0) is 12.3.